The van der Waals surface area contributed by atoms with Crippen LogP contribution in [0.2, 0.25) is 0 Å². The molecule has 0 bridgehead atoms. The van der Waals surface area contributed by atoms with E-state index in [0.717, 1.165) is 23.2 Å². The second-order valence-electron chi connectivity index (χ2n) is 3.70. The third-order valence-electron chi connectivity index (χ3n) is 2.46. The molecule has 2 aromatic rings. The van der Waals surface area contributed by atoms with Crippen molar-refractivity contribution in [2.24, 2.45) is 0 Å². The van der Waals surface area contributed by atoms with Crippen LogP contribution < -0.4 is 5.73 Å². The van der Waals surface area contributed by atoms with Crippen LogP contribution in [0.5, 0.6) is 0 Å². The van der Waals surface area contributed by atoms with Gasteiger partial charge in [-0.05, 0) is 24.0 Å². The monoisotopic (exact) mass is 219 g/mol. The molecule has 0 saturated heterocycles. The van der Waals surface area contributed by atoms with Crippen molar-refractivity contribution in [2.75, 3.05) is 12.4 Å². The Bertz CT molecular complexity index is 448. The van der Waals surface area contributed by atoms with Gasteiger partial charge in [0.15, 0.2) is 0 Å². The Morgan fingerprint density at radius 3 is 2.56 bits per heavy atom. The van der Waals surface area contributed by atoms with Gasteiger partial charge in [-0.2, -0.15) is 5.10 Å². The summed E-state index contributed by atoms with van der Waals surface area (Å²) >= 11 is 0. The quantitative estimate of drug-likeness (QED) is 0.830. The number of hydrogen-bond donors (Lipinski definition) is 2. The summed E-state index contributed by atoms with van der Waals surface area (Å²) in [6, 6.07) is 9.77. The molecule has 1 aromatic heterocycles. The van der Waals surface area contributed by atoms with Crippen LogP contribution in [0.1, 0.15) is 12.0 Å². The fraction of sp³-hybridized carbons (Fsp3) is 0.250. The van der Waals surface area contributed by atoms with Crippen LogP contribution in [0, 0.1) is 0 Å². The normalized spacial score (nSPS) is 10.6. The first-order valence-corrected chi connectivity index (χ1v) is 5.26. The number of alkyl halides is 1. The van der Waals surface area contributed by atoms with E-state index in [1.807, 2.05) is 24.3 Å². The minimum absolute atomic E-state index is 0.265. The van der Waals surface area contributed by atoms with Crippen LogP contribution in [-0.2, 0) is 6.42 Å². The molecule has 0 aliphatic carbocycles. The van der Waals surface area contributed by atoms with Crippen LogP contribution >= 0.6 is 0 Å². The lowest BCUT2D eigenvalue weighted by Gasteiger charge is -2.01. The molecule has 3 N–H and O–H groups in total. The maximum atomic E-state index is 12.0. The Hall–Kier alpha value is -1.84. The number of nitrogens with one attached hydrogen (secondary N) is 1. The fourth-order valence-electron chi connectivity index (χ4n) is 1.61. The van der Waals surface area contributed by atoms with Gasteiger partial charge in [-0.15, -0.1) is 0 Å². The zero-order valence-electron chi connectivity index (χ0n) is 8.91. The van der Waals surface area contributed by atoms with Gasteiger partial charge in [-0.3, -0.25) is 9.49 Å². The molecule has 0 atom stereocenters. The van der Waals surface area contributed by atoms with Crippen molar-refractivity contribution in [1.82, 2.24) is 10.2 Å². The second-order valence-corrected chi connectivity index (χ2v) is 3.70. The Morgan fingerprint density at radius 1 is 1.25 bits per heavy atom. The number of nitrogens with two attached hydrogens (primary N) is 1. The summed E-state index contributed by atoms with van der Waals surface area (Å²) in [5.41, 5.74) is 8.61. The Kier molecular flexibility index (Phi) is 3.19. The number of benzene rings is 1. The number of H-pyrrole nitrogens is 1. The van der Waals surface area contributed by atoms with E-state index in [2.05, 4.69) is 10.2 Å². The Balaban J connectivity index is 2.13. The smallest absolute Gasteiger partial charge is 0.145 e. The van der Waals surface area contributed by atoms with Crippen LogP contribution in [0.25, 0.3) is 11.3 Å². The van der Waals surface area contributed by atoms with Gasteiger partial charge in [0.25, 0.3) is 0 Å². The number of aromatic nitrogens is 2. The van der Waals surface area contributed by atoms with Crippen LogP contribution in [0.4, 0.5) is 10.2 Å². The van der Waals surface area contributed by atoms with Gasteiger partial charge >= 0.3 is 0 Å². The van der Waals surface area contributed by atoms with Gasteiger partial charge < -0.3 is 5.73 Å². The van der Waals surface area contributed by atoms with Gasteiger partial charge in [0.05, 0.1) is 12.4 Å². The maximum absolute atomic E-state index is 12.0. The van der Waals surface area contributed by atoms with Crippen molar-refractivity contribution in [1.29, 1.82) is 0 Å². The molecule has 84 valence electrons. The number of anilines is 1. The first-order valence-electron chi connectivity index (χ1n) is 5.26. The molecule has 0 aliphatic heterocycles. The van der Waals surface area contributed by atoms with Crippen molar-refractivity contribution >= 4 is 5.82 Å². The van der Waals surface area contributed by atoms with E-state index >= 15 is 0 Å². The number of nitrogens with zero attached hydrogens (tertiary/aromatic N) is 1. The van der Waals surface area contributed by atoms with E-state index in [0.29, 0.717) is 12.2 Å². The molecular weight excluding hydrogens is 205 g/mol. The van der Waals surface area contributed by atoms with E-state index in [9.17, 15) is 4.39 Å². The molecule has 0 unspecified atom stereocenters. The summed E-state index contributed by atoms with van der Waals surface area (Å²) in [6.07, 6.45) is 1.36. The van der Waals surface area contributed by atoms with E-state index in [-0.39, 0.29) is 6.67 Å². The largest absolute Gasteiger partial charge is 0.382 e. The van der Waals surface area contributed by atoms with Crippen LogP contribution in [-0.4, -0.2) is 16.9 Å². The molecule has 1 aromatic carbocycles. The summed E-state index contributed by atoms with van der Waals surface area (Å²) in [7, 11) is 0. The highest BCUT2D eigenvalue weighted by atomic mass is 19.1. The molecular formula is C12H14FN3. The van der Waals surface area contributed by atoms with E-state index < -0.39 is 0 Å². The molecule has 1 heterocycles. The summed E-state index contributed by atoms with van der Waals surface area (Å²) in [5, 5.41) is 6.72. The topological polar surface area (TPSA) is 54.7 Å². The lowest BCUT2D eigenvalue weighted by atomic mass is 10.1. The molecule has 0 spiro atoms. The van der Waals surface area contributed by atoms with Crippen LogP contribution in [0.15, 0.2) is 30.3 Å². The Labute approximate surface area is 93.5 Å². The highest BCUT2D eigenvalue weighted by molar-refractivity contribution is 5.62. The molecule has 0 fully saturated rings. The molecule has 4 heteroatoms. The molecule has 0 saturated carbocycles. The Morgan fingerprint density at radius 2 is 2.00 bits per heavy atom. The van der Waals surface area contributed by atoms with Crippen molar-refractivity contribution in [3.63, 3.8) is 0 Å². The summed E-state index contributed by atoms with van der Waals surface area (Å²) in [5.74, 6) is 0.483. The molecule has 0 aliphatic rings. The van der Waals surface area contributed by atoms with Gasteiger partial charge in [-0.1, -0.05) is 24.3 Å². The third-order valence-corrected chi connectivity index (χ3v) is 2.46. The number of hydrogen-bond acceptors (Lipinski definition) is 2. The molecule has 0 radical (unpaired) electrons. The molecule has 16 heavy (non-hydrogen) atoms. The van der Waals surface area contributed by atoms with Gasteiger partial charge in [0.1, 0.15) is 5.82 Å². The number of halogens is 1. The van der Waals surface area contributed by atoms with E-state index in [1.165, 1.54) is 0 Å². The standard InChI is InChI=1S/C12H14FN3/c13-7-1-2-9-3-5-10(6-4-9)11-8-12(14)16-15-11/h3-6,8H,1-2,7H2,(H3,14,15,16). The van der Waals surface area contributed by atoms with Crippen molar-refractivity contribution < 1.29 is 4.39 Å². The lowest BCUT2D eigenvalue weighted by molar-refractivity contribution is 0.473. The summed E-state index contributed by atoms with van der Waals surface area (Å²) < 4.78 is 12.0. The third kappa shape index (κ3) is 2.39. The van der Waals surface area contributed by atoms with Crippen molar-refractivity contribution in [3.8, 4) is 11.3 Å². The van der Waals surface area contributed by atoms with Crippen molar-refractivity contribution in [2.45, 2.75) is 12.8 Å². The highest BCUT2D eigenvalue weighted by Crippen LogP contribution is 2.19. The number of aryl methyl sites for hydroxylation is 1. The first kappa shape index (κ1) is 10.7. The average molecular weight is 219 g/mol. The fourth-order valence-corrected chi connectivity index (χ4v) is 1.61. The summed E-state index contributed by atoms with van der Waals surface area (Å²) in [6.45, 7) is -0.265. The SMILES string of the molecule is Nc1cc(-c2ccc(CCCF)cc2)[nH]n1. The number of rotatable bonds is 4. The highest BCUT2D eigenvalue weighted by Gasteiger charge is 2.01. The van der Waals surface area contributed by atoms with E-state index in [1.54, 1.807) is 6.07 Å². The number of aromatic amines is 1. The minimum Gasteiger partial charge on any atom is -0.382 e. The average Bonchev–Trinajstić information content (AvgIpc) is 2.74. The molecule has 3 nitrogen and oxygen atoms in total. The van der Waals surface area contributed by atoms with Gasteiger partial charge in [0, 0.05) is 6.07 Å². The zero-order valence-corrected chi connectivity index (χ0v) is 8.91. The zero-order chi connectivity index (χ0) is 11.4. The maximum Gasteiger partial charge on any atom is 0.145 e. The predicted molar refractivity (Wildman–Crippen MR) is 62.7 cm³/mol. The molecule has 0 amide bonds. The predicted octanol–water partition coefficient (Wildman–Crippen LogP) is 2.56. The van der Waals surface area contributed by atoms with Crippen LogP contribution in [0.3, 0.4) is 0 Å². The van der Waals surface area contributed by atoms with Crippen molar-refractivity contribution in [3.05, 3.63) is 35.9 Å². The number of nitrogen functional groups attached to an aromatic ring is 1. The first-order chi connectivity index (χ1) is 7.79. The lowest BCUT2D eigenvalue weighted by Crippen LogP contribution is -1.87. The van der Waals surface area contributed by atoms with Gasteiger partial charge in [0.2, 0.25) is 0 Å². The summed E-state index contributed by atoms with van der Waals surface area (Å²) in [4.78, 5) is 0. The van der Waals surface area contributed by atoms with E-state index in [4.69, 9.17) is 5.73 Å². The van der Waals surface area contributed by atoms with Gasteiger partial charge in [-0.25, -0.2) is 0 Å². The minimum atomic E-state index is -0.265. The molecule has 2 rings (SSSR count). The second kappa shape index (κ2) is 4.79.